The lowest BCUT2D eigenvalue weighted by Gasteiger charge is -2.08. The Kier molecular flexibility index (Phi) is 3.18. The fourth-order valence-corrected chi connectivity index (χ4v) is 1.56. The zero-order valence-electron chi connectivity index (χ0n) is 8.98. The van der Waals surface area contributed by atoms with Gasteiger partial charge in [0.2, 0.25) is 0 Å². The van der Waals surface area contributed by atoms with Gasteiger partial charge in [-0.3, -0.25) is 0 Å². The zero-order valence-corrected chi connectivity index (χ0v) is 8.98. The van der Waals surface area contributed by atoms with Crippen LogP contribution in [0.15, 0.2) is 41.9 Å². The smallest absolute Gasteiger partial charge is 0.116 e. The third-order valence-electron chi connectivity index (χ3n) is 2.32. The average Bonchev–Trinajstić information content (AvgIpc) is 2.37. The van der Waals surface area contributed by atoms with Crippen LogP contribution in [0.5, 0.6) is 0 Å². The van der Waals surface area contributed by atoms with E-state index in [9.17, 15) is 0 Å². The Hall–Kier alpha value is -2.59. The van der Waals surface area contributed by atoms with E-state index < -0.39 is 0 Å². The van der Waals surface area contributed by atoms with Crippen molar-refractivity contribution in [3.63, 3.8) is 0 Å². The van der Waals surface area contributed by atoms with E-state index in [4.69, 9.17) is 11.3 Å². The minimum absolute atomic E-state index is 0.274. The highest BCUT2D eigenvalue weighted by Crippen LogP contribution is 2.26. The number of anilines is 1. The summed E-state index contributed by atoms with van der Waals surface area (Å²) in [5, 5.41) is 3.55. The summed E-state index contributed by atoms with van der Waals surface area (Å²) >= 11 is 0. The molecule has 0 atom stereocenters. The predicted octanol–water partition coefficient (Wildman–Crippen LogP) is 2.54. The van der Waals surface area contributed by atoms with Gasteiger partial charge in [-0.2, -0.15) is 0 Å². The summed E-state index contributed by atoms with van der Waals surface area (Å²) in [6.07, 6.45) is 2.99. The van der Waals surface area contributed by atoms with Crippen LogP contribution in [0.4, 0.5) is 5.69 Å². The molecule has 1 aromatic carbocycles. The molecule has 84 valence electrons. The third kappa shape index (κ3) is 2.32. The molecule has 0 fully saturated rings. The molecule has 0 unspecified atom stereocenters. The van der Waals surface area contributed by atoms with Crippen LogP contribution >= 0.6 is 0 Å². The maximum absolute atomic E-state index is 8.35. The van der Waals surface area contributed by atoms with Gasteiger partial charge >= 0.3 is 0 Å². The second-order valence-electron chi connectivity index (χ2n) is 3.37. The lowest BCUT2D eigenvalue weighted by Crippen LogP contribution is -1.97. The number of nitrogens with zero attached hydrogens (tertiary/aromatic N) is 5. The fraction of sp³-hybridized carbons (Fsp3) is 0.0909. The predicted molar refractivity (Wildman–Crippen MR) is 64.7 cm³/mol. The van der Waals surface area contributed by atoms with E-state index in [0.717, 1.165) is 11.1 Å². The first-order valence-corrected chi connectivity index (χ1v) is 4.97. The van der Waals surface area contributed by atoms with E-state index in [1.165, 1.54) is 6.33 Å². The lowest BCUT2D eigenvalue weighted by atomic mass is 10.0. The van der Waals surface area contributed by atoms with Gasteiger partial charge in [0.25, 0.3) is 0 Å². The highest BCUT2D eigenvalue weighted by molar-refractivity contribution is 5.74. The molecule has 0 aliphatic heterocycles. The van der Waals surface area contributed by atoms with Gasteiger partial charge in [-0.25, -0.2) is 9.97 Å². The van der Waals surface area contributed by atoms with Crippen molar-refractivity contribution >= 4 is 5.69 Å². The molecule has 0 aliphatic rings. The van der Waals surface area contributed by atoms with E-state index >= 15 is 0 Å². The van der Waals surface area contributed by atoms with Crippen LogP contribution in [0.2, 0.25) is 0 Å². The molecule has 1 aromatic heterocycles. The molecule has 0 spiro atoms. The van der Waals surface area contributed by atoms with Gasteiger partial charge in [0, 0.05) is 10.5 Å². The minimum Gasteiger partial charge on any atom is -0.396 e. The summed E-state index contributed by atoms with van der Waals surface area (Å²) < 4.78 is 0. The average molecular weight is 226 g/mol. The third-order valence-corrected chi connectivity index (χ3v) is 2.32. The number of rotatable bonds is 3. The highest BCUT2D eigenvalue weighted by atomic mass is 15.1. The van der Waals surface area contributed by atoms with Gasteiger partial charge < -0.3 is 5.73 Å². The van der Waals surface area contributed by atoms with Crippen molar-refractivity contribution in [3.8, 4) is 11.3 Å². The molecule has 0 radical (unpaired) electrons. The van der Waals surface area contributed by atoms with Crippen molar-refractivity contribution in [2.75, 3.05) is 5.73 Å². The Labute approximate surface area is 97.8 Å². The number of benzene rings is 1. The van der Waals surface area contributed by atoms with Gasteiger partial charge in [0.15, 0.2) is 0 Å². The van der Waals surface area contributed by atoms with Crippen LogP contribution in [-0.4, -0.2) is 9.97 Å². The normalized spacial score (nSPS) is 9.65. The summed E-state index contributed by atoms with van der Waals surface area (Å²) in [5.74, 6) is 0. The van der Waals surface area contributed by atoms with Gasteiger partial charge in [0.1, 0.15) is 6.33 Å². The topological polar surface area (TPSA) is 101 Å². The van der Waals surface area contributed by atoms with Gasteiger partial charge in [0.05, 0.1) is 24.1 Å². The molecular formula is C11H10N6. The Morgan fingerprint density at radius 3 is 2.94 bits per heavy atom. The Bertz CT molecular complexity index is 574. The van der Waals surface area contributed by atoms with Crippen molar-refractivity contribution in [1.82, 2.24) is 9.97 Å². The number of hydrogen-bond acceptors (Lipinski definition) is 4. The van der Waals surface area contributed by atoms with Crippen molar-refractivity contribution < 1.29 is 0 Å². The van der Waals surface area contributed by atoms with Crippen LogP contribution < -0.4 is 5.73 Å². The molecule has 0 amide bonds. The quantitative estimate of drug-likeness (QED) is 0.494. The highest BCUT2D eigenvalue weighted by Gasteiger charge is 2.08. The first kappa shape index (κ1) is 10.9. The van der Waals surface area contributed by atoms with E-state index in [-0.39, 0.29) is 6.54 Å². The van der Waals surface area contributed by atoms with Crippen molar-refractivity contribution in [2.45, 2.75) is 6.54 Å². The Balaban J connectivity index is 2.51. The molecule has 0 saturated heterocycles. The molecule has 0 aliphatic carbocycles. The van der Waals surface area contributed by atoms with Crippen LogP contribution in [-0.2, 0) is 6.54 Å². The summed E-state index contributed by atoms with van der Waals surface area (Å²) in [6.45, 7) is 0.274. The molecular weight excluding hydrogens is 216 g/mol. The van der Waals surface area contributed by atoms with Gasteiger partial charge in [-0.05, 0) is 11.1 Å². The maximum Gasteiger partial charge on any atom is 0.116 e. The molecule has 2 N–H and O–H groups in total. The molecule has 0 bridgehead atoms. The molecule has 0 saturated carbocycles. The monoisotopic (exact) mass is 226 g/mol. The number of nitrogens with two attached hydrogens (primary N) is 1. The summed E-state index contributed by atoms with van der Waals surface area (Å²) in [7, 11) is 0. The number of aromatic nitrogens is 2. The summed E-state index contributed by atoms with van der Waals surface area (Å²) in [4.78, 5) is 10.7. The molecule has 17 heavy (non-hydrogen) atoms. The Morgan fingerprint density at radius 1 is 1.35 bits per heavy atom. The van der Waals surface area contributed by atoms with Crippen LogP contribution in [0.1, 0.15) is 5.56 Å². The van der Waals surface area contributed by atoms with Crippen molar-refractivity contribution in [2.24, 2.45) is 5.11 Å². The number of hydrogen-bond donors (Lipinski definition) is 1. The van der Waals surface area contributed by atoms with Gasteiger partial charge in [-0.15, -0.1) is 0 Å². The van der Waals surface area contributed by atoms with Crippen molar-refractivity contribution in [3.05, 3.63) is 52.8 Å². The van der Waals surface area contributed by atoms with Crippen molar-refractivity contribution in [1.29, 1.82) is 0 Å². The van der Waals surface area contributed by atoms with Crippen LogP contribution in [0.25, 0.3) is 21.7 Å². The largest absolute Gasteiger partial charge is 0.396 e. The fourth-order valence-electron chi connectivity index (χ4n) is 1.56. The second-order valence-corrected chi connectivity index (χ2v) is 3.37. The van der Waals surface area contributed by atoms with E-state index in [0.29, 0.717) is 11.4 Å². The van der Waals surface area contributed by atoms with E-state index in [1.807, 2.05) is 24.3 Å². The molecule has 1 heterocycles. The van der Waals surface area contributed by atoms with Crippen LogP contribution in [0, 0.1) is 0 Å². The summed E-state index contributed by atoms with van der Waals surface area (Å²) in [5.41, 5.74) is 17.1. The number of nitrogen functional groups attached to an aromatic ring is 1. The standard InChI is InChI=1S/C11H10N6/c12-10-6-14-7-15-11(10)9-4-2-1-3-8(9)5-16-17-13/h1-4,6-7H,5,12H2. The van der Waals surface area contributed by atoms with Gasteiger partial charge in [-0.1, -0.05) is 29.4 Å². The van der Waals surface area contributed by atoms with E-state index in [1.54, 1.807) is 6.20 Å². The number of azide groups is 1. The first-order valence-electron chi connectivity index (χ1n) is 4.97. The minimum atomic E-state index is 0.274. The molecule has 2 rings (SSSR count). The molecule has 6 nitrogen and oxygen atoms in total. The lowest BCUT2D eigenvalue weighted by molar-refractivity contribution is 1.04. The first-order chi connectivity index (χ1) is 8.33. The Morgan fingerprint density at radius 2 is 2.18 bits per heavy atom. The summed E-state index contributed by atoms with van der Waals surface area (Å²) in [6, 6.07) is 7.53. The SMILES string of the molecule is [N-]=[N+]=NCc1ccccc1-c1ncncc1N. The second kappa shape index (κ2) is 4.96. The zero-order chi connectivity index (χ0) is 12.1. The maximum atomic E-state index is 8.35. The molecule has 6 heteroatoms. The van der Waals surface area contributed by atoms with E-state index in [2.05, 4.69) is 20.0 Å². The van der Waals surface area contributed by atoms with Crippen LogP contribution in [0.3, 0.4) is 0 Å². The molecule has 2 aromatic rings.